The molecule has 4 amide bonds. The van der Waals surface area contributed by atoms with Crippen LogP contribution in [-0.2, 0) is 83.0 Å². The summed E-state index contributed by atoms with van der Waals surface area (Å²) in [4.78, 5) is 131. The Hall–Kier alpha value is -7.32. The van der Waals surface area contributed by atoms with Gasteiger partial charge in [0, 0.05) is 77.4 Å². The van der Waals surface area contributed by atoms with Crippen molar-refractivity contribution in [2.45, 2.75) is 169 Å². The van der Waals surface area contributed by atoms with Gasteiger partial charge in [0.15, 0.2) is 24.4 Å². The number of cyclic esters (lactones) is 4. The number of aromatic nitrogens is 2. The number of rotatable bonds is 18. The molecule has 0 aliphatic carbocycles. The molecule has 1 aliphatic heterocycles. The Balaban J connectivity index is 1.59. The Bertz CT molecular complexity index is 2850. The van der Waals surface area contributed by atoms with Crippen molar-refractivity contribution in [1.82, 2.24) is 29.6 Å². The number of nitrogens with zero attached hydrogens (tertiary/aromatic N) is 6. The van der Waals surface area contributed by atoms with Crippen LogP contribution in [0.3, 0.4) is 0 Å². The highest BCUT2D eigenvalue weighted by Crippen LogP contribution is 2.28. The Morgan fingerprint density at radius 1 is 0.432 bits per heavy atom. The molecule has 0 unspecified atom stereocenters. The number of methoxy groups -OCH3 is 2. The number of ether oxygens (including phenoxy) is 6. The van der Waals surface area contributed by atoms with E-state index in [-0.39, 0.29) is 62.2 Å². The van der Waals surface area contributed by atoms with E-state index >= 15 is 9.59 Å². The van der Waals surface area contributed by atoms with Gasteiger partial charge in [-0.05, 0) is 97.6 Å². The number of benzene rings is 2. The predicted octanol–water partition coefficient (Wildman–Crippen LogP) is 8.96. The molecule has 0 N–H and O–H groups in total. The standard InChI is InChI=1S/C66H88Cl2N6O14/c1-37(2)25-51-63(79)85-41(9)59(75)71(11)54(28-40(7)8)66(82)88-56(32-46-23-19-44(20-24-46)30-48-34-50(68)36-70-58(48)84-16)62(78)74(14)52(26-38(3)4)64(80)86-42(10)60(76)72(12)53(27-39(5)6)65(81)87-55(61(77)73(51)13)31-45-21-17-43(18-22-45)29-47-33-49(67)35-69-57(47)83-15/h17-24,33-42,51-56H,25-32H2,1-16H3/t41-,42-,51+,52+,53+,54+,55-,56-/m1/s1. The van der Waals surface area contributed by atoms with Crippen LogP contribution in [0, 0.1) is 23.7 Å². The summed E-state index contributed by atoms with van der Waals surface area (Å²) >= 11 is 12.6. The first-order valence-corrected chi connectivity index (χ1v) is 30.6. The number of likely N-dealkylation sites (N-methyl/N-ethyl adjacent to an activating group) is 4. The van der Waals surface area contributed by atoms with Crippen LogP contribution < -0.4 is 9.47 Å². The fraction of sp³-hybridized carbons (Fsp3) is 0.545. The Morgan fingerprint density at radius 2 is 0.693 bits per heavy atom. The summed E-state index contributed by atoms with van der Waals surface area (Å²) in [6.45, 7) is 17.4. The zero-order chi connectivity index (χ0) is 65.4. The van der Waals surface area contributed by atoms with Crippen molar-refractivity contribution in [1.29, 1.82) is 0 Å². The molecule has 88 heavy (non-hydrogen) atoms. The highest BCUT2D eigenvalue weighted by molar-refractivity contribution is 6.30. The average molecular weight is 1260 g/mol. The second kappa shape index (κ2) is 32.8. The van der Waals surface area contributed by atoms with Gasteiger partial charge in [0.25, 0.3) is 23.6 Å². The summed E-state index contributed by atoms with van der Waals surface area (Å²) in [5, 5.41) is 0.854. The van der Waals surface area contributed by atoms with E-state index in [2.05, 4.69) is 9.97 Å². The molecule has 480 valence electrons. The maximum absolute atomic E-state index is 15.1. The van der Waals surface area contributed by atoms with Gasteiger partial charge in [-0.25, -0.2) is 29.1 Å². The van der Waals surface area contributed by atoms with E-state index in [0.717, 1.165) is 41.9 Å². The molecule has 1 aliphatic rings. The van der Waals surface area contributed by atoms with Gasteiger partial charge in [-0.3, -0.25) is 19.2 Å². The highest BCUT2D eigenvalue weighted by atomic mass is 35.5. The number of amides is 4. The van der Waals surface area contributed by atoms with E-state index < -0.39 is 96.1 Å². The summed E-state index contributed by atoms with van der Waals surface area (Å²) in [6, 6.07) is 12.7. The molecule has 2 aromatic carbocycles. The van der Waals surface area contributed by atoms with Crippen molar-refractivity contribution in [2.75, 3.05) is 42.4 Å². The first-order valence-electron chi connectivity index (χ1n) is 29.8. The van der Waals surface area contributed by atoms with Gasteiger partial charge < -0.3 is 48.0 Å². The summed E-state index contributed by atoms with van der Waals surface area (Å²) < 4.78 is 35.2. The molecule has 0 spiro atoms. The van der Waals surface area contributed by atoms with Gasteiger partial charge in [-0.1, -0.05) is 127 Å². The Kier molecular flexibility index (Phi) is 26.6. The van der Waals surface area contributed by atoms with Crippen LogP contribution in [0.4, 0.5) is 0 Å². The van der Waals surface area contributed by atoms with Crippen molar-refractivity contribution in [3.05, 3.63) is 116 Å². The zero-order valence-corrected chi connectivity index (χ0v) is 55.2. The molecule has 2 aromatic heterocycles. The fourth-order valence-corrected chi connectivity index (χ4v) is 10.9. The molecule has 1 fully saturated rings. The first kappa shape index (κ1) is 71.4. The number of esters is 4. The smallest absolute Gasteiger partial charge is 0.329 e. The number of carbonyl (C=O) groups excluding carboxylic acids is 8. The number of hydrogen-bond acceptors (Lipinski definition) is 16. The Morgan fingerprint density at radius 3 is 0.966 bits per heavy atom. The van der Waals surface area contributed by atoms with Crippen LogP contribution in [-0.4, -0.2) is 168 Å². The third-order valence-electron chi connectivity index (χ3n) is 15.3. The first-order chi connectivity index (χ1) is 41.4. The van der Waals surface area contributed by atoms with Gasteiger partial charge in [0.2, 0.25) is 11.8 Å². The maximum atomic E-state index is 15.1. The largest absolute Gasteiger partial charge is 0.481 e. The van der Waals surface area contributed by atoms with Crippen LogP contribution in [0.25, 0.3) is 0 Å². The lowest BCUT2D eigenvalue weighted by Crippen LogP contribution is -2.55. The Labute approximate surface area is 528 Å². The molecular formula is C66H88Cl2N6O14. The SMILES string of the molecule is COc1ncc(Cl)cc1Cc1ccc(C[C@H]2OC(=O)[C@H](CC(C)C)N(C)C(=O)[C@@H](C)OC(=O)[C@H](CC(C)C)N(C)C(=O)[C@@H](Cc3ccc(Cc4cc(Cl)cnc4OC)cc3)OC(=O)[C@H](CC(C)C)N(C)C(=O)[C@@H](C)OC(=O)[C@H](CC(C)C)N(C)C2=O)cc1. The van der Waals surface area contributed by atoms with Crippen molar-refractivity contribution < 1.29 is 66.8 Å². The van der Waals surface area contributed by atoms with Crippen molar-refractivity contribution in [3.8, 4) is 11.8 Å². The van der Waals surface area contributed by atoms with E-state index in [9.17, 15) is 28.8 Å². The van der Waals surface area contributed by atoms with Gasteiger partial charge in [-0.2, -0.15) is 0 Å². The number of hydrogen-bond donors (Lipinski definition) is 0. The van der Waals surface area contributed by atoms with Crippen LogP contribution in [0.15, 0.2) is 73.1 Å². The van der Waals surface area contributed by atoms with E-state index in [1.54, 1.807) is 36.4 Å². The molecule has 0 saturated carbocycles. The van der Waals surface area contributed by atoms with Crippen molar-refractivity contribution in [2.24, 2.45) is 23.7 Å². The lowest BCUT2D eigenvalue weighted by atomic mass is 9.99. The van der Waals surface area contributed by atoms with E-state index in [0.29, 0.717) is 45.8 Å². The molecule has 4 aromatic rings. The second-order valence-corrected chi connectivity index (χ2v) is 25.3. The van der Waals surface area contributed by atoms with Crippen LogP contribution in [0.1, 0.15) is 128 Å². The van der Waals surface area contributed by atoms with Gasteiger partial charge in [0.05, 0.1) is 24.3 Å². The van der Waals surface area contributed by atoms with Gasteiger partial charge in [-0.15, -0.1) is 0 Å². The molecular weight excluding hydrogens is 1170 g/mol. The molecule has 1 saturated heterocycles. The monoisotopic (exact) mass is 1260 g/mol. The van der Waals surface area contributed by atoms with Crippen molar-refractivity contribution in [3.63, 3.8) is 0 Å². The number of carbonyl (C=O) groups is 8. The minimum absolute atomic E-state index is 0.0554. The number of halogens is 2. The van der Waals surface area contributed by atoms with E-state index in [1.807, 2.05) is 79.7 Å². The number of pyridine rings is 2. The quantitative estimate of drug-likeness (QED) is 0.0668. The molecule has 0 bridgehead atoms. The molecule has 20 nitrogen and oxygen atoms in total. The van der Waals surface area contributed by atoms with Gasteiger partial charge >= 0.3 is 23.9 Å². The molecule has 3 heterocycles. The van der Waals surface area contributed by atoms with Gasteiger partial charge in [0.1, 0.15) is 24.2 Å². The summed E-state index contributed by atoms with van der Waals surface area (Å²) in [5.41, 5.74) is 4.30. The minimum Gasteiger partial charge on any atom is -0.481 e. The fourth-order valence-electron chi connectivity index (χ4n) is 10.5. The zero-order valence-electron chi connectivity index (χ0n) is 53.7. The predicted molar refractivity (Wildman–Crippen MR) is 332 cm³/mol. The lowest BCUT2D eigenvalue weighted by molar-refractivity contribution is -0.176. The lowest BCUT2D eigenvalue weighted by Gasteiger charge is -2.35. The van der Waals surface area contributed by atoms with Crippen molar-refractivity contribution >= 4 is 70.7 Å². The van der Waals surface area contributed by atoms with Crippen LogP contribution >= 0.6 is 23.2 Å². The average Bonchev–Trinajstić information content (AvgIpc) is 3.62. The highest BCUT2D eigenvalue weighted by Gasteiger charge is 2.43. The molecule has 22 heteroatoms. The minimum atomic E-state index is -1.58. The van der Waals surface area contributed by atoms with E-state index in [4.69, 9.17) is 51.6 Å². The van der Waals surface area contributed by atoms with Crippen LogP contribution in [0.5, 0.6) is 11.8 Å². The summed E-state index contributed by atoms with van der Waals surface area (Å²) in [5.74, 6) is -6.96. The maximum Gasteiger partial charge on any atom is 0.329 e. The third-order valence-corrected chi connectivity index (χ3v) is 15.7. The summed E-state index contributed by atoms with van der Waals surface area (Å²) in [7, 11) is 8.53. The third kappa shape index (κ3) is 19.8. The normalized spacial score (nSPS) is 22.1. The molecule has 5 rings (SSSR count). The molecule has 0 radical (unpaired) electrons. The topological polar surface area (TPSA) is 231 Å². The summed E-state index contributed by atoms with van der Waals surface area (Å²) in [6.07, 6.45) is -2.56. The second-order valence-electron chi connectivity index (χ2n) is 24.4. The van der Waals surface area contributed by atoms with E-state index in [1.165, 1.54) is 68.7 Å². The van der Waals surface area contributed by atoms with Crippen LogP contribution in [0.2, 0.25) is 10.0 Å². The molecule has 8 atom stereocenters.